The van der Waals surface area contributed by atoms with Gasteiger partial charge in [0, 0.05) is 13.1 Å². The fourth-order valence-corrected chi connectivity index (χ4v) is 3.14. The van der Waals surface area contributed by atoms with E-state index in [4.69, 9.17) is 0 Å². The first-order valence-electron chi connectivity index (χ1n) is 8.37. The molecule has 0 aromatic heterocycles. The van der Waals surface area contributed by atoms with Crippen LogP contribution in [0.2, 0.25) is 0 Å². The van der Waals surface area contributed by atoms with Crippen molar-refractivity contribution in [2.75, 3.05) is 40.8 Å². The van der Waals surface area contributed by atoms with Gasteiger partial charge in [0.15, 0.2) is 6.54 Å². The molecule has 5 heteroatoms. The topological polar surface area (TPSA) is 44.1 Å². The lowest BCUT2D eigenvalue weighted by molar-refractivity contribution is -0.862. The van der Waals surface area contributed by atoms with E-state index in [1.807, 2.05) is 44.2 Å². The van der Waals surface area contributed by atoms with Crippen LogP contribution >= 0.6 is 0 Å². The number of hydrogen-bond donors (Lipinski definition) is 0. The molecule has 1 fully saturated rings. The smallest absolute Gasteiger partial charge is 0.277 e. The molecule has 0 atom stereocenters. The van der Waals surface area contributed by atoms with Crippen LogP contribution in [0.25, 0.3) is 0 Å². The summed E-state index contributed by atoms with van der Waals surface area (Å²) in [4.78, 5) is 14.3. The van der Waals surface area contributed by atoms with Crippen molar-refractivity contribution in [1.29, 1.82) is 5.26 Å². The first kappa shape index (κ1) is 20.9. The summed E-state index contributed by atoms with van der Waals surface area (Å²) in [6.07, 6.45) is 3.39. The number of quaternary nitrogens is 1. The minimum absolute atomic E-state index is 0. The van der Waals surface area contributed by atoms with Gasteiger partial charge in [0.25, 0.3) is 5.91 Å². The van der Waals surface area contributed by atoms with Crippen molar-refractivity contribution in [3.63, 3.8) is 0 Å². The summed E-state index contributed by atoms with van der Waals surface area (Å²) in [6.45, 7) is 1.94. The van der Waals surface area contributed by atoms with E-state index in [1.165, 1.54) is 5.56 Å². The van der Waals surface area contributed by atoms with Gasteiger partial charge >= 0.3 is 0 Å². The number of nitriles is 1. The fraction of sp³-hybridized carbons (Fsp3) is 0.579. The minimum Gasteiger partial charge on any atom is -1.00 e. The average molecular weight is 441 g/mol. The Kier molecular flexibility index (Phi) is 7.68. The van der Waals surface area contributed by atoms with Crippen molar-refractivity contribution in [3.8, 4) is 6.07 Å². The van der Waals surface area contributed by atoms with Crippen LogP contribution in [0.15, 0.2) is 30.3 Å². The largest absolute Gasteiger partial charge is 1.00 e. The SMILES string of the molecule is C[N+](C)(C)CC(=O)N1CCC(C#N)(CCc2ccccc2)CC1.[I-]. The number of amides is 1. The number of carbonyl (C=O) groups is 1. The molecule has 1 aromatic carbocycles. The summed E-state index contributed by atoms with van der Waals surface area (Å²) < 4.78 is 0.646. The Balaban J connectivity index is 0.00000288. The summed E-state index contributed by atoms with van der Waals surface area (Å²) in [7, 11) is 6.09. The lowest BCUT2D eigenvalue weighted by atomic mass is 9.75. The highest BCUT2D eigenvalue weighted by atomic mass is 127. The fourth-order valence-electron chi connectivity index (χ4n) is 3.14. The zero-order valence-corrected chi connectivity index (χ0v) is 17.1. The zero-order chi connectivity index (χ0) is 16.9. The molecule has 132 valence electrons. The summed E-state index contributed by atoms with van der Waals surface area (Å²) >= 11 is 0. The van der Waals surface area contributed by atoms with Crippen molar-refractivity contribution in [1.82, 2.24) is 4.90 Å². The number of likely N-dealkylation sites (N-methyl/N-ethyl adjacent to an activating group) is 1. The average Bonchev–Trinajstić information content (AvgIpc) is 2.53. The number of likely N-dealkylation sites (tertiary alicyclic amines) is 1. The van der Waals surface area contributed by atoms with Crippen LogP contribution < -0.4 is 24.0 Å². The Hall–Kier alpha value is -1.13. The van der Waals surface area contributed by atoms with Gasteiger partial charge < -0.3 is 33.4 Å². The van der Waals surface area contributed by atoms with E-state index >= 15 is 0 Å². The van der Waals surface area contributed by atoms with E-state index < -0.39 is 0 Å². The summed E-state index contributed by atoms with van der Waals surface area (Å²) in [5.41, 5.74) is 1.01. The van der Waals surface area contributed by atoms with E-state index in [2.05, 4.69) is 18.2 Å². The molecule has 1 heterocycles. The quantitative estimate of drug-likeness (QED) is 0.456. The van der Waals surface area contributed by atoms with Gasteiger partial charge in [-0.3, -0.25) is 4.79 Å². The van der Waals surface area contributed by atoms with E-state index in [-0.39, 0.29) is 35.3 Å². The predicted octanol–water partition coefficient (Wildman–Crippen LogP) is -0.538. The number of nitrogens with zero attached hydrogens (tertiary/aromatic N) is 3. The zero-order valence-electron chi connectivity index (χ0n) is 15.0. The third-order valence-electron chi connectivity index (χ3n) is 4.66. The number of carbonyl (C=O) groups excluding carboxylic acids is 1. The molecule has 1 saturated heterocycles. The number of benzene rings is 1. The number of hydrogen-bond acceptors (Lipinski definition) is 2. The normalized spacial score (nSPS) is 16.8. The molecule has 4 nitrogen and oxygen atoms in total. The van der Waals surface area contributed by atoms with Crippen molar-refractivity contribution < 1.29 is 33.3 Å². The third kappa shape index (κ3) is 6.06. The lowest BCUT2D eigenvalue weighted by Crippen LogP contribution is -3.00. The Bertz CT molecular complexity index is 567. The van der Waals surface area contributed by atoms with E-state index in [0.29, 0.717) is 24.1 Å². The highest BCUT2D eigenvalue weighted by molar-refractivity contribution is 5.77. The molecule has 1 aromatic rings. The third-order valence-corrected chi connectivity index (χ3v) is 4.66. The van der Waals surface area contributed by atoms with Gasteiger partial charge in [-0.25, -0.2) is 0 Å². The van der Waals surface area contributed by atoms with Crippen molar-refractivity contribution in [2.24, 2.45) is 5.41 Å². The standard InChI is InChI=1S/C19H28N3O.HI/c1-22(2,3)15-18(23)21-13-11-19(16-20,12-14-21)10-9-17-7-5-4-6-8-17;/h4-8H,9-15H2,1-3H3;1H/q+1;/p-1. The van der Waals surface area contributed by atoms with Crippen LogP contribution in [-0.2, 0) is 11.2 Å². The molecule has 24 heavy (non-hydrogen) atoms. The number of piperidine rings is 1. The van der Waals surface area contributed by atoms with Gasteiger partial charge in [0.05, 0.1) is 32.6 Å². The van der Waals surface area contributed by atoms with Crippen molar-refractivity contribution in [3.05, 3.63) is 35.9 Å². The molecule has 1 aliphatic heterocycles. The Morgan fingerprint density at radius 3 is 2.29 bits per heavy atom. The molecule has 0 saturated carbocycles. The Morgan fingerprint density at radius 2 is 1.79 bits per heavy atom. The summed E-state index contributed by atoms with van der Waals surface area (Å²) in [5.74, 6) is 0.201. The molecule has 0 radical (unpaired) electrons. The van der Waals surface area contributed by atoms with E-state index in [1.54, 1.807) is 0 Å². The van der Waals surface area contributed by atoms with Gasteiger partial charge in [0.1, 0.15) is 0 Å². The Labute approximate surface area is 163 Å². The van der Waals surface area contributed by atoms with Crippen LogP contribution in [0.1, 0.15) is 24.8 Å². The van der Waals surface area contributed by atoms with Gasteiger partial charge in [-0.05, 0) is 31.2 Å². The van der Waals surface area contributed by atoms with E-state index in [9.17, 15) is 10.1 Å². The summed E-state index contributed by atoms with van der Waals surface area (Å²) in [5, 5.41) is 9.67. The van der Waals surface area contributed by atoms with E-state index in [0.717, 1.165) is 25.7 Å². The predicted molar refractivity (Wildman–Crippen MR) is 91.5 cm³/mol. The second-order valence-corrected chi connectivity index (χ2v) is 7.71. The minimum atomic E-state index is -0.275. The van der Waals surface area contributed by atoms with Gasteiger partial charge in [-0.1, -0.05) is 30.3 Å². The first-order valence-corrected chi connectivity index (χ1v) is 8.37. The monoisotopic (exact) mass is 441 g/mol. The highest BCUT2D eigenvalue weighted by Crippen LogP contribution is 2.35. The molecule has 0 aliphatic carbocycles. The molecular weight excluding hydrogens is 413 g/mol. The van der Waals surface area contributed by atoms with Crippen LogP contribution in [-0.4, -0.2) is 56.1 Å². The number of aryl methyl sites for hydroxylation is 1. The van der Waals surface area contributed by atoms with Crippen molar-refractivity contribution >= 4 is 5.91 Å². The van der Waals surface area contributed by atoms with Gasteiger partial charge in [0.2, 0.25) is 0 Å². The van der Waals surface area contributed by atoms with Crippen LogP contribution in [0.4, 0.5) is 0 Å². The molecule has 1 aliphatic rings. The molecule has 0 bridgehead atoms. The maximum absolute atomic E-state index is 12.3. The molecular formula is C19H28IN3O. The molecule has 0 N–H and O–H groups in total. The number of rotatable bonds is 5. The molecule has 0 spiro atoms. The van der Waals surface area contributed by atoms with Gasteiger partial charge in [-0.15, -0.1) is 0 Å². The van der Waals surface area contributed by atoms with Crippen molar-refractivity contribution in [2.45, 2.75) is 25.7 Å². The molecule has 1 amide bonds. The van der Waals surface area contributed by atoms with Crippen LogP contribution in [0.5, 0.6) is 0 Å². The lowest BCUT2D eigenvalue weighted by Gasteiger charge is -2.38. The van der Waals surface area contributed by atoms with Crippen LogP contribution in [0, 0.1) is 16.7 Å². The maximum atomic E-state index is 12.3. The van der Waals surface area contributed by atoms with Gasteiger partial charge in [-0.2, -0.15) is 5.26 Å². The maximum Gasteiger partial charge on any atom is 0.277 e. The summed E-state index contributed by atoms with van der Waals surface area (Å²) in [6, 6.07) is 12.9. The highest BCUT2D eigenvalue weighted by Gasteiger charge is 2.36. The second-order valence-electron chi connectivity index (χ2n) is 7.71. The van der Waals surface area contributed by atoms with Crippen LogP contribution in [0.3, 0.4) is 0 Å². The Morgan fingerprint density at radius 1 is 1.21 bits per heavy atom. The molecule has 0 unspecified atom stereocenters. The first-order chi connectivity index (χ1) is 10.8. The molecule has 2 rings (SSSR count). The number of halogens is 1. The second kappa shape index (κ2) is 8.82.